The second-order valence-electron chi connectivity index (χ2n) is 5.86. The maximum Gasteiger partial charge on any atom is 0.146 e. The molecule has 0 aliphatic heterocycles. The third-order valence-electron chi connectivity index (χ3n) is 4.89. The van der Waals surface area contributed by atoms with Crippen LogP contribution in [0.5, 0.6) is 0 Å². The third kappa shape index (κ3) is 1.65. The van der Waals surface area contributed by atoms with Crippen LogP contribution in [0.4, 0.5) is 0 Å². The van der Waals surface area contributed by atoms with Crippen LogP contribution < -0.4 is 0 Å². The van der Waals surface area contributed by atoms with Crippen LogP contribution in [0.1, 0.15) is 32.1 Å². The minimum Gasteiger partial charge on any atom is -0.298 e. The summed E-state index contributed by atoms with van der Waals surface area (Å²) >= 11 is 1.70. The lowest BCUT2D eigenvalue weighted by atomic mass is 9.51. The van der Waals surface area contributed by atoms with Crippen molar-refractivity contribution in [2.45, 2.75) is 32.1 Å². The van der Waals surface area contributed by atoms with Crippen LogP contribution in [-0.4, -0.2) is 17.8 Å². The number of carbonyl (C=O) groups is 1. The van der Waals surface area contributed by atoms with E-state index in [2.05, 4.69) is 0 Å². The van der Waals surface area contributed by atoms with Crippen LogP contribution in [0, 0.1) is 29.6 Å². The van der Waals surface area contributed by atoms with Gasteiger partial charge in [0.05, 0.1) is 5.75 Å². The molecule has 0 aromatic heterocycles. The second kappa shape index (κ2) is 3.80. The highest BCUT2D eigenvalue weighted by molar-refractivity contribution is 7.99. The van der Waals surface area contributed by atoms with Gasteiger partial charge >= 0.3 is 0 Å². The lowest BCUT2D eigenvalue weighted by Gasteiger charge is -2.53. The van der Waals surface area contributed by atoms with Gasteiger partial charge in [0.15, 0.2) is 0 Å². The highest BCUT2D eigenvalue weighted by Crippen LogP contribution is 2.56. The number of Topliss-reactive ketones (excluding diaryl/α,β-unsaturated/α-hetero) is 1. The SMILES string of the molecule is CSCC(=O)C1C2CC3CC(C2)CC1C3. The van der Waals surface area contributed by atoms with Gasteiger partial charge in [-0.15, -0.1) is 0 Å². The molecule has 84 valence electrons. The van der Waals surface area contributed by atoms with Gasteiger partial charge in [0.2, 0.25) is 0 Å². The van der Waals surface area contributed by atoms with E-state index in [1.165, 1.54) is 32.1 Å². The lowest BCUT2D eigenvalue weighted by molar-refractivity contribution is -0.133. The van der Waals surface area contributed by atoms with E-state index < -0.39 is 0 Å². The molecule has 1 nitrogen and oxygen atoms in total. The predicted molar refractivity (Wildman–Crippen MR) is 63.9 cm³/mol. The molecule has 4 saturated carbocycles. The Morgan fingerprint density at radius 1 is 1.07 bits per heavy atom. The molecule has 15 heavy (non-hydrogen) atoms. The summed E-state index contributed by atoms with van der Waals surface area (Å²) < 4.78 is 0. The largest absolute Gasteiger partial charge is 0.298 e. The lowest BCUT2D eigenvalue weighted by Crippen LogP contribution is -2.48. The Hall–Kier alpha value is 0.0200. The van der Waals surface area contributed by atoms with Crippen molar-refractivity contribution in [1.29, 1.82) is 0 Å². The van der Waals surface area contributed by atoms with Crippen molar-refractivity contribution in [3.05, 3.63) is 0 Å². The van der Waals surface area contributed by atoms with E-state index in [9.17, 15) is 4.79 Å². The molecule has 0 saturated heterocycles. The van der Waals surface area contributed by atoms with Crippen molar-refractivity contribution in [2.24, 2.45) is 29.6 Å². The van der Waals surface area contributed by atoms with Crippen molar-refractivity contribution >= 4 is 17.5 Å². The van der Waals surface area contributed by atoms with E-state index in [4.69, 9.17) is 0 Å². The molecule has 0 radical (unpaired) electrons. The molecule has 0 unspecified atom stereocenters. The van der Waals surface area contributed by atoms with E-state index in [1.807, 2.05) is 6.26 Å². The Balaban J connectivity index is 1.77. The van der Waals surface area contributed by atoms with Crippen LogP contribution in [0.15, 0.2) is 0 Å². The molecule has 0 aromatic carbocycles. The van der Waals surface area contributed by atoms with Gasteiger partial charge in [-0.2, -0.15) is 11.8 Å². The Morgan fingerprint density at radius 3 is 2.07 bits per heavy atom. The van der Waals surface area contributed by atoms with Crippen molar-refractivity contribution < 1.29 is 4.79 Å². The van der Waals surface area contributed by atoms with Crippen LogP contribution in [0.25, 0.3) is 0 Å². The summed E-state index contributed by atoms with van der Waals surface area (Å²) in [6, 6.07) is 0. The van der Waals surface area contributed by atoms with Crippen molar-refractivity contribution in [3.8, 4) is 0 Å². The Labute approximate surface area is 96.4 Å². The van der Waals surface area contributed by atoms with Crippen molar-refractivity contribution in [1.82, 2.24) is 0 Å². The first kappa shape index (κ1) is 10.2. The third-order valence-corrected chi connectivity index (χ3v) is 5.46. The molecule has 0 amide bonds. The molecule has 0 atom stereocenters. The minimum atomic E-state index is 0.463. The van der Waals surface area contributed by atoms with E-state index in [0.29, 0.717) is 11.7 Å². The summed E-state index contributed by atoms with van der Waals surface area (Å²) in [6.45, 7) is 0. The first-order valence-electron chi connectivity index (χ1n) is 6.29. The standard InChI is InChI=1S/C13H20OS/c1-15-7-12(14)13-10-3-8-2-9(5-10)6-11(13)4-8/h8-11,13H,2-7H2,1H3. The van der Waals surface area contributed by atoms with Gasteiger partial charge in [0.25, 0.3) is 0 Å². The first-order valence-corrected chi connectivity index (χ1v) is 7.69. The maximum atomic E-state index is 12.1. The zero-order valence-corrected chi connectivity index (χ0v) is 10.3. The fourth-order valence-corrected chi connectivity index (χ4v) is 5.17. The number of hydrogen-bond acceptors (Lipinski definition) is 2. The van der Waals surface area contributed by atoms with Crippen molar-refractivity contribution in [3.63, 3.8) is 0 Å². The molecule has 0 spiro atoms. The second-order valence-corrected chi connectivity index (χ2v) is 6.72. The molecule has 4 aliphatic carbocycles. The fraction of sp³-hybridized carbons (Fsp3) is 0.923. The summed E-state index contributed by atoms with van der Waals surface area (Å²) in [4.78, 5) is 12.1. The van der Waals surface area contributed by atoms with E-state index >= 15 is 0 Å². The zero-order chi connectivity index (χ0) is 10.4. The van der Waals surface area contributed by atoms with Gasteiger partial charge in [-0.05, 0) is 62.0 Å². The number of carbonyl (C=O) groups excluding carboxylic acids is 1. The average molecular weight is 224 g/mol. The topological polar surface area (TPSA) is 17.1 Å². The Morgan fingerprint density at radius 2 is 1.60 bits per heavy atom. The van der Waals surface area contributed by atoms with Gasteiger partial charge in [-0.1, -0.05) is 0 Å². The van der Waals surface area contributed by atoms with Gasteiger partial charge in [-0.25, -0.2) is 0 Å². The highest BCUT2D eigenvalue weighted by atomic mass is 32.2. The Bertz CT molecular complexity index is 246. The normalized spacial score (nSPS) is 47.1. The van der Waals surface area contributed by atoms with Crippen molar-refractivity contribution in [2.75, 3.05) is 12.0 Å². The minimum absolute atomic E-state index is 0.463. The van der Waals surface area contributed by atoms with Crippen LogP contribution in [0.3, 0.4) is 0 Å². The quantitative estimate of drug-likeness (QED) is 0.733. The van der Waals surface area contributed by atoms with Crippen LogP contribution in [0.2, 0.25) is 0 Å². The summed E-state index contributed by atoms with van der Waals surface area (Å²) in [7, 11) is 0. The highest BCUT2D eigenvalue weighted by Gasteiger charge is 2.50. The summed E-state index contributed by atoms with van der Waals surface area (Å²) in [5.41, 5.74) is 0. The molecule has 4 bridgehead atoms. The Kier molecular flexibility index (Phi) is 2.58. The molecule has 0 N–H and O–H groups in total. The monoisotopic (exact) mass is 224 g/mol. The number of rotatable bonds is 3. The summed E-state index contributed by atoms with van der Waals surface area (Å²) in [6.07, 6.45) is 9.02. The number of ketones is 1. The maximum absolute atomic E-state index is 12.1. The summed E-state index contributed by atoms with van der Waals surface area (Å²) in [5, 5.41) is 0. The van der Waals surface area contributed by atoms with E-state index in [0.717, 1.165) is 29.4 Å². The van der Waals surface area contributed by atoms with Gasteiger partial charge in [-0.3, -0.25) is 4.79 Å². The molecule has 2 heteroatoms. The number of hydrogen-bond donors (Lipinski definition) is 0. The van der Waals surface area contributed by atoms with Gasteiger partial charge < -0.3 is 0 Å². The van der Waals surface area contributed by atoms with Gasteiger partial charge in [0, 0.05) is 5.92 Å². The van der Waals surface area contributed by atoms with Gasteiger partial charge in [0.1, 0.15) is 5.78 Å². The van der Waals surface area contributed by atoms with E-state index in [1.54, 1.807) is 11.8 Å². The zero-order valence-electron chi connectivity index (χ0n) is 9.45. The smallest absolute Gasteiger partial charge is 0.146 e. The molecular formula is C13H20OS. The van der Waals surface area contributed by atoms with Crippen LogP contribution >= 0.6 is 11.8 Å². The molecule has 0 aromatic rings. The number of thioether (sulfide) groups is 1. The molecule has 4 fully saturated rings. The summed E-state index contributed by atoms with van der Waals surface area (Å²) in [5.74, 6) is 5.33. The first-order chi connectivity index (χ1) is 7.28. The predicted octanol–water partition coefficient (Wildman–Crippen LogP) is 2.99. The fourth-order valence-electron chi connectivity index (χ4n) is 4.69. The molecular weight excluding hydrogens is 204 g/mol. The molecule has 4 rings (SSSR count). The van der Waals surface area contributed by atoms with Crippen LogP contribution in [-0.2, 0) is 4.79 Å². The average Bonchev–Trinajstić information content (AvgIpc) is 2.15. The molecule has 4 aliphatic rings. The molecule has 0 heterocycles. The van der Waals surface area contributed by atoms with E-state index in [-0.39, 0.29) is 0 Å².